The fraction of sp³-hybridized carbons (Fsp3) is 0.200. The molecule has 0 unspecified atom stereocenters. The van der Waals surface area contributed by atoms with Crippen LogP contribution in [0.3, 0.4) is 0 Å². The van der Waals surface area contributed by atoms with Crippen LogP contribution in [0.15, 0.2) is 35.6 Å². The fourth-order valence-electron chi connectivity index (χ4n) is 2.33. The van der Waals surface area contributed by atoms with E-state index in [-0.39, 0.29) is 4.91 Å². The Balaban J connectivity index is 2.10. The van der Waals surface area contributed by atoms with Gasteiger partial charge in [-0.3, -0.25) is 14.1 Å². The predicted molar refractivity (Wildman–Crippen MR) is 91.4 cm³/mol. The van der Waals surface area contributed by atoms with Gasteiger partial charge in [0.05, 0.1) is 5.56 Å². The lowest BCUT2D eigenvalue weighted by Crippen LogP contribution is -2.36. The molecule has 2 aromatic heterocycles. The lowest BCUT2D eigenvalue weighted by molar-refractivity contribution is 0.104. The molecule has 0 fully saturated rings. The SMILES string of the molecule is Cc1sc2c(c1C)C(=O)/C(=C\Nc1ccncc1)S(=O)(=O)N2C. The van der Waals surface area contributed by atoms with E-state index in [1.807, 2.05) is 13.8 Å². The van der Waals surface area contributed by atoms with E-state index in [0.29, 0.717) is 16.3 Å². The summed E-state index contributed by atoms with van der Waals surface area (Å²) in [6.07, 6.45) is 4.40. The van der Waals surface area contributed by atoms with Gasteiger partial charge in [0.2, 0.25) is 5.78 Å². The number of nitrogens with one attached hydrogen (secondary N) is 1. The molecule has 0 radical (unpaired) electrons. The first-order chi connectivity index (χ1) is 10.8. The molecule has 2 aromatic rings. The van der Waals surface area contributed by atoms with Crippen molar-refractivity contribution in [3.05, 3.63) is 51.6 Å². The van der Waals surface area contributed by atoms with E-state index in [4.69, 9.17) is 0 Å². The number of pyridine rings is 1. The standard InChI is InChI=1S/C15H15N3O3S2/c1-9-10(2)22-15-13(9)14(19)12(23(20,21)18(15)3)8-17-11-4-6-16-7-5-11/h4-8H,1-3H3,(H,16,17)/b12-8+. The Kier molecular flexibility index (Phi) is 3.73. The van der Waals surface area contributed by atoms with Crippen molar-refractivity contribution in [1.82, 2.24) is 4.98 Å². The Morgan fingerprint density at radius 2 is 1.91 bits per heavy atom. The third-order valence-electron chi connectivity index (χ3n) is 3.79. The minimum Gasteiger partial charge on any atom is -0.360 e. The first-order valence-electron chi connectivity index (χ1n) is 6.84. The van der Waals surface area contributed by atoms with Gasteiger partial charge in [0.15, 0.2) is 4.91 Å². The molecule has 0 saturated carbocycles. The summed E-state index contributed by atoms with van der Waals surface area (Å²) in [6.45, 7) is 3.72. The number of rotatable bonds is 2. The van der Waals surface area contributed by atoms with Crippen molar-refractivity contribution >= 4 is 37.8 Å². The zero-order chi connectivity index (χ0) is 16.8. The minimum absolute atomic E-state index is 0.259. The molecule has 0 bridgehead atoms. The van der Waals surface area contributed by atoms with E-state index in [9.17, 15) is 13.2 Å². The molecule has 0 saturated heterocycles. The monoisotopic (exact) mass is 349 g/mol. The van der Waals surface area contributed by atoms with E-state index in [1.54, 1.807) is 24.5 Å². The Hall–Kier alpha value is -2.19. The van der Waals surface area contributed by atoms with Crippen molar-refractivity contribution < 1.29 is 13.2 Å². The van der Waals surface area contributed by atoms with Crippen molar-refractivity contribution in [2.24, 2.45) is 0 Å². The highest BCUT2D eigenvalue weighted by Crippen LogP contribution is 2.42. The molecule has 3 heterocycles. The molecule has 0 atom stereocenters. The average Bonchev–Trinajstić information content (AvgIpc) is 2.82. The second-order valence-corrected chi connectivity index (χ2v) is 8.29. The first-order valence-corrected chi connectivity index (χ1v) is 9.10. The maximum absolute atomic E-state index is 12.7. The van der Waals surface area contributed by atoms with Crippen molar-refractivity contribution in [1.29, 1.82) is 0 Å². The van der Waals surface area contributed by atoms with Crippen LogP contribution < -0.4 is 9.62 Å². The van der Waals surface area contributed by atoms with E-state index in [0.717, 1.165) is 10.4 Å². The number of anilines is 2. The van der Waals surface area contributed by atoms with E-state index < -0.39 is 15.8 Å². The van der Waals surface area contributed by atoms with E-state index in [1.165, 1.54) is 28.9 Å². The molecule has 23 heavy (non-hydrogen) atoms. The summed E-state index contributed by atoms with van der Waals surface area (Å²) in [6, 6.07) is 3.37. The summed E-state index contributed by atoms with van der Waals surface area (Å²) in [4.78, 5) is 17.3. The molecule has 120 valence electrons. The lowest BCUT2D eigenvalue weighted by Gasteiger charge is -2.25. The van der Waals surface area contributed by atoms with Crippen LogP contribution in [0.2, 0.25) is 0 Å². The number of hydrogen-bond donors (Lipinski definition) is 1. The van der Waals surface area contributed by atoms with Gasteiger partial charge in [-0.2, -0.15) is 0 Å². The number of Topliss-reactive ketones (excluding diaryl/α,β-unsaturated/α-hetero) is 1. The number of hydrogen-bond acceptors (Lipinski definition) is 6. The maximum atomic E-state index is 12.7. The Morgan fingerprint density at radius 1 is 1.26 bits per heavy atom. The lowest BCUT2D eigenvalue weighted by atomic mass is 10.1. The summed E-state index contributed by atoms with van der Waals surface area (Å²) in [5.74, 6) is -0.471. The fourth-order valence-corrected chi connectivity index (χ4v) is 4.91. The summed E-state index contributed by atoms with van der Waals surface area (Å²) in [5.41, 5.74) is 1.95. The molecule has 0 aliphatic carbocycles. The minimum atomic E-state index is -3.86. The third kappa shape index (κ3) is 2.43. The molecular weight excluding hydrogens is 334 g/mol. The van der Waals surface area contributed by atoms with Crippen molar-refractivity contribution in [3.8, 4) is 0 Å². The van der Waals surface area contributed by atoms with Gasteiger partial charge < -0.3 is 5.32 Å². The zero-order valence-corrected chi connectivity index (χ0v) is 14.5. The van der Waals surface area contributed by atoms with Gasteiger partial charge >= 0.3 is 0 Å². The normalized spacial score (nSPS) is 18.1. The Morgan fingerprint density at radius 3 is 2.57 bits per heavy atom. The number of carbonyl (C=O) groups excluding carboxylic acids is 1. The van der Waals surface area contributed by atoms with Crippen LogP contribution in [0.4, 0.5) is 10.7 Å². The van der Waals surface area contributed by atoms with Crippen molar-refractivity contribution in [2.45, 2.75) is 13.8 Å². The van der Waals surface area contributed by atoms with Crippen molar-refractivity contribution in [3.63, 3.8) is 0 Å². The summed E-state index contributed by atoms with van der Waals surface area (Å²) >= 11 is 1.32. The number of sulfonamides is 1. The quantitative estimate of drug-likeness (QED) is 0.843. The molecule has 3 rings (SSSR count). The van der Waals surface area contributed by atoms with E-state index in [2.05, 4.69) is 10.3 Å². The number of ketones is 1. The second kappa shape index (κ2) is 5.47. The van der Waals surface area contributed by atoms with Gasteiger partial charge in [-0.25, -0.2) is 8.42 Å². The van der Waals surface area contributed by atoms with Crippen LogP contribution in [0.25, 0.3) is 0 Å². The van der Waals surface area contributed by atoms with Gasteiger partial charge in [0.1, 0.15) is 5.00 Å². The zero-order valence-electron chi connectivity index (χ0n) is 12.8. The second-order valence-electron chi connectivity index (χ2n) is 5.15. The molecular formula is C15H15N3O3S2. The highest BCUT2D eigenvalue weighted by atomic mass is 32.2. The van der Waals surface area contributed by atoms with Gasteiger partial charge in [0.25, 0.3) is 10.0 Å². The smallest absolute Gasteiger partial charge is 0.270 e. The third-order valence-corrected chi connectivity index (χ3v) is 6.95. The Bertz CT molecular complexity index is 915. The summed E-state index contributed by atoms with van der Waals surface area (Å²) in [5, 5.41) is 3.33. The van der Waals surface area contributed by atoms with Gasteiger partial charge in [-0.05, 0) is 31.5 Å². The van der Waals surface area contributed by atoms with E-state index >= 15 is 0 Å². The number of fused-ring (bicyclic) bond motifs is 1. The van der Waals surface area contributed by atoms with Crippen LogP contribution in [0, 0.1) is 13.8 Å². The van der Waals surface area contributed by atoms with Crippen LogP contribution in [-0.2, 0) is 10.0 Å². The molecule has 0 spiro atoms. The van der Waals surface area contributed by atoms with Crippen LogP contribution in [0.1, 0.15) is 20.8 Å². The van der Waals surface area contributed by atoms with Gasteiger partial charge in [0, 0.05) is 36.2 Å². The molecule has 6 nitrogen and oxygen atoms in total. The van der Waals surface area contributed by atoms with Gasteiger partial charge in [-0.1, -0.05) is 0 Å². The number of nitrogens with zero attached hydrogens (tertiary/aromatic N) is 2. The number of thiophene rings is 1. The largest absolute Gasteiger partial charge is 0.360 e. The number of aromatic nitrogens is 1. The number of allylic oxidation sites excluding steroid dienone is 1. The predicted octanol–water partition coefficient (Wildman–Crippen LogP) is 2.68. The summed E-state index contributed by atoms with van der Waals surface area (Å²) < 4.78 is 26.4. The van der Waals surface area contributed by atoms with Crippen LogP contribution in [0.5, 0.6) is 0 Å². The molecule has 1 aliphatic rings. The number of carbonyl (C=O) groups is 1. The van der Waals surface area contributed by atoms with Crippen LogP contribution in [-0.4, -0.2) is 26.2 Å². The topological polar surface area (TPSA) is 79.4 Å². The summed E-state index contributed by atoms with van der Waals surface area (Å²) in [7, 11) is -2.39. The van der Waals surface area contributed by atoms with Crippen LogP contribution >= 0.6 is 11.3 Å². The van der Waals surface area contributed by atoms with Crippen molar-refractivity contribution in [2.75, 3.05) is 16.7 Å². The maximum Gasteiger partial charge on any atom is 0.270 e. The molecule has 1 N–H and O–H groups in total. The highest BCUT2D eigenvalue weighted by Gasteiger charge is 2.40. The number of aryl methyl sites for hydroxylation is 1. The molecule has 1 aliphatic heterocycles. The molecule has 8 heteroatoms. The van der Waals surface area contributed by atoms with Gasteiger partial charge in [-0.15, -0.1) is 11.3 Å². The Labute approximate surface area is 138 Å². The highest BCUT2D eigenvalue weighted by molar-refractivity contribution is 7.98. The first kappa shape index (κ1) is 15.7. The average molecular weight is 349 g/mol. The molecule has 0 amide bonds. The molecule has 0 aromatic carbocycles.